The SMILES string of the molecule is [C-]#[N+]C(C)(COc1ccccc1Cl)CC(=O)c1ccc(C(F)(F)F)cc1. The smallest absolute Gasteiger partial charge is 0.416 e. The van der Waals surface area contributed by atoms with Crippen LogP contribution < -0.4 is 4.74 Å². The lowest BCUT2D eigenvalue weighted by atomic mass is 9.93. The molecule has 0 aliphatic rings. The fourth-order valence-electron chi connectivity index (χ4n) is 2.21. The average Bonchev–Trinajstić information content (AvgIpc) is 2.60. The normalized spacial score (nSPS) is 13.5. The van der Waals surface area contributed by atoms with E-state index < -0.39 is 23.1 Å². The highest BCUT2D eigenvalue weighted by atomic mass is 35.5. The van der Waals surface area contributed by atoms with Crippen LogP contribution in [-0.2, 0) is 6.18 Å². The largest absolute Gasteiger partial charge is 0.484 e. The molecule has 0 aliphatic carbocycles. The van der Waals surface area contributed by atoms with Gasteiger partial charge in [0.15, 0.2) is 12.4 Å². The van der Waals surface area contributed by atoms with E-state index >= 15 is 0 Å². The van der Waals surface area contributed by atoms with Crippen LogP contribution in [0, 0.1) is 6.57 Å². The lowest BCUT2D eigenvalue weighted by molar-refractivity contribution is -0.137. The van der Waals surface area contributed by atoms with Gasteiger partial charge in [-0.15, -0.1) is 0 Å². The van der Waals surface area contributed by atoms with E-state index in [2.05, 4.69) is 4.85 Å². The third-order valence-corrected chi connectivity index (χ3v) is 4.03. The van der Waals surface area contributed by atoms with Crippen molar-refractivity contribution in [3.8, 4) is 5.75 Å². The lowest BCUT2D eigenvalue weighted by Gasteiger charge is -2.18. The summed E-state index contributed by atoms with van der Waals surface area (Å²) in [6.45, 7) is 8.84. The molecule has 0 N–H and O–H groups in total. The number of halogens is 4. The number of alkyl halides is 3. The van der Waals surface area contributed by atoms with Crippen LogP contribution in [0.15, 0.2) is 48.5 Å². The van der Waals surface area contributed by atoms with Crippen molar-refractivity contribution in [3.63, 3.8) is 0 Å². The first-order valence-electron chi connectivity index (χ1n) is 7.61. The van der Waals surface area contributed by atoms with Crippen molar-refractivity contribution < 1.29 is 22.7 Å². The molecule has 0 aromatic heterocycles. The topological polar surface area (TPSA) is 30.7 Å². The van der Waals surface area contributed by atoms with Crippen molar-refractivity contribution in [2.24, 2.45) is 0 Å². The third kappa shape index (κ3) is 4.99. The van der Waals surface area contributed by atoms with Crippen molar-refractivity contribution in [2.75, 3.05) is 6.61 Å². The van der Waals surface area contributed by atoms with Gasteiger partial charge in [0.25, 0.3) is 5.54 Å². The molecule has 7 heteroatoms. The zero-order chi connectivity index (χ0) is 19.4. The number of para-hydroxylation sites is 1. The monoisotopic (exact) mass is 381 g/mol. The summed E-state index contributed by atoms with van der Waals surface area (Å²) < 4.78 is 43.3. The number of ether oxygens (including phenoxy) is 1. The first kappa shape index (κ1) is 19.8. The fraction of sp³-hybridized carbons (Fsp3) is 0.263. The van der Waals surface area contributed by atoms with Gasteiger partial charge < -0.3 is 9.58 Å². The summed E-state index contributed by atoms with van der Waals surface area (Å²) >= 11 is 5.99. The van der Waals surface area contributed by atoms with Gasteiger partial charge >= 0.3 is 6.18 Å². The number of carbonyl (C=O) groups is 1. The number of rotatable bonds is 6. The van der Waals surface area contributed by atoms with E-state index in [-0.39, 0.29) is 18.6 Å². The number of carbonyl (C=O) groups excluding carboxylic acids is 1. The van der Waals surface area contributed by atoms with Gasteiger partial charge in [-0.3, -0.25) is 4.79 Å². The Morgan fingerprint density at radius 3 is 2.31 bits per heavy atom. The van der Waals surface area contributed by atoms with E-state index in [9.17, 15) is 18.0 Å². The Morgan fingerprint density at radius 2 is 1.77 bits per heavy atom. The minimum atomic E-state index is -4.46. The number of nitrogens with zero attached hydrogens (tertiary/aromatic N) is 1. The van der Waals surface area contributed by atoms with Gasteiger partial charge in [-0.05, 0) is 24.3 Å². The van der Waals surface area contributed by atoms with Crippen molar-refractivity contribution in [1.82, 2.24) is 0 Å². The number of ketones is 1. The lowest BCUT2D eigenvalue weighted by Crippen LogP contribution is -2.32. The molecule has 2 rings (SSSR count). The zero-order valence-corrected chi connectivity index (χ0v) is 14.6. The molecule has 0 radical (unpaired) electrons. The van der Waals surface area contributed by atoms with Crippen LogP contribution in [-0.4, -0.2) is 17.9 Å². The number of hydrogen-bond donors (Lipinski definition) is 0. The summed E-state index contributed by atoms with van der Waals surface area (Å²) in [7, 11) is 0. The van der Waals surface area contributed by atoms with Gasteiger partial charge in [0, 0.05) is 12.5 Å². The highest BCUT2D eigenvalue weighted by Crippen LogP contribution is 2.30. The molecule has 3 nitrogen and oxygen atoms in total. The zero-order valence-electron chi connectivity index (χ0n) is 13.8. The summed E-state index contributed by atoms with van der Waals surface area (Å²) in [6.07, 6.45) is -4.65. The predicted molar refractivity (Wildman–Crippen MR) is 92.3 cm³/mol. The molecule has 0 saturated carbocycles. The Kier molecular flexibility index (Phi) is 5.94. The van der Waals surface area contributed by atoms with Crippen molar-refractivity contribution in [2.45, 2.75) is 25.1 Å². The summed E-state index contributed by atoms with van der Waals surface area (Å²) in [5.41, 5.74) is -1.88. The molecule has 26 heavy (non-hydrogen) atoms. The van der Waals surface area contributed by atoms with Crippen LogP contribution in [0.25, 0.3) is 4.85 Å². The van der Waals surface area contributed by atoms with E-state index in [1.807, 2.05) is 0 Å². The minimum Gasteiger partial charge on any atom is -0.484 e. The summed E-state index contributed by atoms with van der Waals surface area (Å²) in [5, 5.41) is 0.383. The first-order chi connectivity index (χ1) is 12.1. The maximum absolute atomic E-state index is 12.6. The summed E-state index contributed by atoms with van der Waals surface area (Å²) in [6, 6.07) is 10.7. The summed E-state index contributed by atoms with van der Waals surface area (Å²) in [4.78, 5) is 15.8. The molecule has 2 aromatic carbocycles. The molecule has 136 valence electrons. The second-order valence-corrected chi connectivity index (χ2v) is 6.41. The van der Waals surface area contributed by atoms with Gasteiger partial charge in [0.05, 0.1) is 17.0 Å². The second kappa shape index (κ2) is 7.79. The van der Waals surface area contributed by atoms with Crippen LogP contribution in [0.2, 0.25) is 5.02 Å². The standard InChI is InChI=1S/C19H15ClF3NO2/c1-18(24-2,12-26-17-6-4-3-5-15(17)20)11-16(25)13-7-9-14(10-8-13)19(21,22)23/h3-10H,11-12H2,1H3. The van der Waals surface area contributed by atoms with Gasteiger partial charge in [0.2, 0.25) is 0 Å². The molecule has 1 atom stereocenters. The second-order valence-electron chi connectivity index (χ2n) is 6.00. The Bertz CT molecular complexity index is 828. The van der Waals surface area contributed by atoms with Gasteiger partial charge in [-0.25, -0.2) is 6.57 Å². The van der Waals surface area contributed by atoms with Crippen molar-refractivity contribution in [1.29, 1.82) is 0 Å². The van der Waals surface area contributed by atoms with Crippen LogP contribution >= 0.6 is 11.6 Å². The van der Waals surface area contributed by atoms with E-state index in [1.165, 1.54) is 0 Å². The fourth-order valence-corrected chi connectivity index (χ4v) is 2.40. The highest BCUT2D eigenvalue weighted by Gasteiger charge is 2.36. The van der Waals surface area contributed by atoms with E-state index in [1.54, 1.807) is 31.2 Å². The number of hydrogen-bond acceptors (Lipinski definition) is 2. The molecule has 1 unspecified atom stereocenters. The van der Waals surface area contributed by atoms with E-state index in [0.717, 1.165) is 24.3 Å². The van der Waals surface area contributed by atoms with Crippen LogP contribution in [0.5, 0.6) is 5.75 Å². The Labute approximate surface area is 154 Å². The van der Waals surface area contributed by atoms with Crippen LogP contribution in [0.1, 0.15) is 29.3 Å². The maximum atomic E-state index is 12.6. The molecule has 0 bridgehead atoms. The molecule has 2 aromatic rings. The molecular formula is C19H15ClF3NO2. The van der Waals surface area contributed by atoms with E-state index in [4.69, 9.17) is 22.9 Å². The molecule has 0 heterocycles. The average molecular weight is 382 g/mol. The van der Waals surface area contributed by atoms with Gasteiger partial charge in [-0.2, -0.15) is 13.2 Å². The Morgan fingerprint density at radius 1 is 1.15 bits per heavy atom. The third-order valence-electron chi connectivity index (χ3n) is 3.72. The van der Waals surface area contributed by atoms with Crippen molar-refractivity contribution >= 4 is 17.4 Å². The maximum Gasteiger partial charge on any atom is 0.416 e. The molecular weight excluding hydrogens is 367 g/mol. The molecule has 0 amide bonds. The Hall–Kier alpha value is -2.52. The van der Waals surface area contributed by atoms with Crippen LogP contribution in [0.4, 0.5) is 13.2 Å². The van der Waals surface area contributed by atoms with E-state index in [0.29, 0.717) is 10.8 Å². The molecule has 0 spiro atoms. The van der Waals surface area contributed by atoms with Crippen molar-refractivity contribution in [3.05, 3.63) is 76.1 Å². The molecule has 0 fully saturated rings. The Balaban J connectivity index is 2.07. The quantitative estimate of drug-likeness (QED) is 0.475. The first-order valence-corrected chi connectivity index (χ1v) is 7.99. The summed E-state index contributed by atoms with van der Waals surface area (Å²) in [5.74, 6) is -0.0361. The molecule has 0 aliphatic heterocycles. The highest BCUT2D eigenvalue weighted by molar-refractivity contribution is 6.32. The molecule has 0 saturated heterocycles. The minimum absolute atomic E-state index is 0.0768. The van der Waals surface area contributed by atoms with Crippen LogP contribution in [0.3, 0.4) is 0 Å². The number of benzene rings is 2. The predicted octanol–water partition coefficient (Wildman–Crippen LogP) is 5.69. The van der Waals surface area contributed by atoms with Gasteiger partial charge in [0.1, 0.15) is 5.75 Å². The van der Waals surface area contributed by atoms with Gasteiger partial charge in [-0.1, -0.05) is 35.9 Å². The number of Topliss-reactive ketones (excluding diaryl/α,β-unsaturated/α-hetero) is 1.